The van der Waals surface area contributed by atoms with Gasteiger partial charge in [-0.3, -0.25) is 0 Å². The van der Waals surface area contributed by atoms with Crippen LogP contribution in [0.25, 0.3) is 65.1 Å². The molecular formula is C59H39NOS. The lowest BCUT2D eigenvalue weighted by Crippen LogP contribution is -2.28. The maximum atomic E-state index is 6.39. The third-order valence-electron chi connectivity index (χ3n) is 12.6. The monoisotopic (exact) mass is 809 g/mol. The van der Waals surface area contributed by atoms with Crippen LogP contribution < -0.4 is 4.90 Å². The Morgan fingerprint density at radius 1 is 0.355 bits per heavy atom. The standard InChI is InChI=1S/C59H39NOS/c1-3-15-40(16-4-1)55-37-38-56(61-55)41-29-33-45(34-30-41)60(47-20-13-17-42(39-47)48-24-14-25-52-51-23-9-12-28-57(51)62-58(48)52)46-35-31-44(32-36-46)59(43-18-5-2-6-19-43)53-26-10-7-21-49(53)50-22-8-11-27-54(50)59/h1-39H. The third-order valence-corrected chi connectivity index (χ3v) is 13.8. The number of benzene rings is 9. The number of hydrogen-bond donors (Lipinski definition) is 0. The Labute approximate surface area is 365 Å². The topological polar surface area (TPSA) is 16.4 Å². The lowest BCUT2D eigenvalue weighted by Gasteiger charge is -2.34. The Morgan fingerprint density at radius 3 is 1.58 bits per heavy atom. The van der Waals surface area contributed by atoms with Crippen LogP contribution in [0.2, 0.25) is 0 Å². The first-order valence-electron chi connectivity index (χ1n) is 21.2. The Morgan fingerprint density at radius 2 is 0.871 bits per heavy atom. The SMILES string of the molecule is c1ccc(-c2ccc(-c3ccc(N(c4ccc(C5(c6ccccc6)c6ccccc6-c6ccccc65)cc4)c4cccc(-c5cccc6c5sc5ccccc56)c4)cc3)o2)cc1. The molecule has 0 aliphatic heterocycles. The number of rotatable bonds is 8. The van der Waals surface area contributed by atoms with Gasteiger partial charge >= 0.3 is 0 Å². The summed E-state index contributed by atoms with van der Waals surface area (Å²) in [6.45, 7) is 0. The second kappa shape index (κ2) is 14.8. The van der Waals surface area contributed by atoms with Gasteiger partial charge in [-0.15, -0.1) is 11.3 Å². The largest absolute Gasteiger partial charge is 0.456 e. The summed E-state index contributed by atoms with van der Waals surface area (Å²) in [6, 6.07) is 85.7. The Hall–Kier alpha value is -7.72. The van der Waals surface area contributed by atoms with Crippen LogP contribution in [-0.4, -0.2) is 0 Å². The third kappa shape index (κ3) is 5.78. The van der Waals surface area contributed by atoms with Crippen LogP contribution in [0.15, 0.2) is 241 Å². The van der Waals surface area contributed by atoms with Gasteiger partial charge in [0.1, 0.15) is 11.5 Å². The Bertz CT molecular complexity index is 3350. The molecule has 0 amide bonds. The zero-order valence-electron chi connectivity index (χ0n) is 33.8. The summed E-state index contributed by atoms with van der Waals surface area (Å²) in [4.78, 5) is 2.38. The van der Waals surface area contributed by atoms with Crippen molar-refractivity contribution in [1.82, 2.24) is 0 Å². The highest BCUT2D eigenvalue weighted by Crippen LogP contribution is 2.56. The zero-order valence-corrected chi connectivity index (χ0v) is 34.6. The summed E-state index contributed by atoms with van der Waals surface area (Å²) < 4.78 is 9.01. The van der Waals surface area contributed by atoms with E-state index in [1.807, 2.05) is 29.5 Å². The molecule has 0 radical (unpaired) electrons. The maximum Gasteiger partial charge on any atom is 0.134 e. The highest BCUT2D eigenvalue weighted by molar-refractivity contribution is 7.26. The van der Waals surface area contributed by atoms with Gasteiger partial charge < -0.3 is 9.32 Å². The second-order valence-corrected chi connectivity index (χ2v) is 17.0. The van der Waals surface area contributed by atoms with Crippen molar-refractivity contribution in [2.75, 3.05) is 4.90 Å². The molecule has 0 fully saturated rings. The van der Waals surface area contributed by atoms with Crippen LogP contribution in [0.5, 0.6) is 0 Å². The van der Waals surface area contributed by atoms with Crippen LogP contribution in [0.1, 0.15) is 22.3 Å². The Kier molecular flexibility index (Phi) is 8.62. The van der Waals surface area contributed by atoms with Gasteiger partial charge in [-0.25, -0.2) is 0 Å². The molecule has 12 rings (SSSR count). The first kappa shape index (κ1) is 36.2. The van der Waals surface area contributed by atoms with E-state index in [-0.39, 0.29) is 0 Å². The molecule has 2 heterocycles. The molecule has 0 atom stereocenters. The molecule has 0 bridgehead atoms. The number of anilines is 3. The van der Waals surface area contributed by atoms with Crippen LogP contribution in [0, 0.1) is 0 Å². The number of nitrogens with zero attached hydrogens (tertiary/aromatic N) is 1. The molecule has 0 spiro atoms. The van der Waals surface area contributed by atoms with Gasteiger partial charge in [-0.1, -0.05) is 170 Å². The molecular weight excluding hydrogens is 771 g/mol. The lowest BCUT2D eigenvalue weighted by molar-refractivity contribution is 0.597. The van der Waals surface area contributed by atoms with Gasteiger partial charge in [0.15, 0.2) is 0 Å². The van der Waals surface area contributed by atoms with Crippen molar-refractivity contribution in [3.63, 3.8) is 0 Å². The van der Waals surface area contributed by atoms with Crippen molar-refractivity contribution < 1.29 is 4.42 Å². The van der Waals surface area contributed by atoms with E-state index in [1.165, 1.54) is 64.7 Å². The molecule has 62 heavy (non-hydrogen) atoms. The maximum absolute atomic E-state index is 6.39. The molecule has 1 aliphatic rings. The van der Waals surface area contributed by atoms with Crippen molar-refractivity contribution in [2.24, 2.45) is 0 Å². The number of fused-ring (bicyclic) bond motifs is 6. The molecule has 9 aromatic carbocycles. The van der Waals surface area contributed by atoms with E-state index in [0.29, 0.717) is 0 Å². The van der Waals surface area contributed by atoms with Gasteiger partial charge in [-0.05, 0) is 111 Å². The first-order valence-corrected chi connectivity index (χ1v) is 22.0. The van der Waals surface area contributed by atoms with E-state index < -0.39 is 5.41 Å². The van der Waals surface area contributed by atoms with E-state index in [4.69, 9.17) is 4.42 Å². The highest BCUT2D eigenvalue weighted by atomic mass is 32.1. The molecule has 0 saturated carbocycles. The molecule has 2 aromatic heterocycles. The van der Waals surface area contributed by atoms with E-state index >= 15 is 0 Å². The van der Waals surface area contributed by atoms with Crippen molar-refractivity contribution in [2.45, 2.75) is 5.41 Å². The second-order valence-electron chi connectivity index (χ2n) is 16.0. The minimum absolute atomic E-state index is 0.468. The number of furan rings is 1. The van der Waals surface area contributed by atoms with Crippen LogP contribution in [0.3, 0.4) is 0 Å². The predicted octanol–water partition coefficient (Wildman–Crippen LogP) is 16.5. The molecule has 3 heteroatoms. The van der Waals surface area contributed by atoms with Crippen molar-refractivity contribution >= 4 is 48.6 Å². The van der Waals surface area contributed by atoms with Crippen molar-refractivity contribution in [3.05, 3.63) is 259 Å². The van der Waals surface area contributed by atoms with Crippen LogP contribution in [-0.2, 0) is 5.41 Å². The predicted molar refractivity (Wildman–Crippen MR) is 260 cm³/mol. The van der Waals surface area contributed by atoms with Gasteiger partial charge in [0.05, 0.1) is 5.41 Å². The average Bonchev–Trinajstić information content (AvgIpc) is 4.07. The molecule has 1 aliphatic carbocycles. The van der Waals surface area contributed by atoms with Crippen molar-refractivity contribution in [3.8, 4) is 44.9 Å². The van der Waals surface area contributed by atoms with E-state index in [9.17, 15) is 0 Å². The minimum Gasteiger partial charge on any atom is -0.456 e. The molecule has 0 N–H and O–H groups in total. The summed E-state index contributed by atoms with van der Waals surface area (Å²) in [6.07, 6.45) is 0. The molecule has 0 saturated heterocycles. The summed E-state index contributed by atoms with van der Waals surface area (Å²) in [5.41, 5.74) is 15.0. The molecule has 11 aromatic rings. The lowest BCUT2D eigenvalue weighted by atomic mass is 9.68. The van der Waals surface area contributed by atoms with E-state index in [1.54, 1.807) is 0 Å². The van der Waals surface area contributed by atoms with Gasteiger partial charge in [0, 0.05) is 48.4 Å². The number of hydrogen-bond acceptors (Lipinski definition) is 3. The fraction of sp³-hybridized carbons (Fsp3) is 0.0169. The molecule has 292 valence electrons. The number of thiophene rings is 1. The first-order chi connectivity index (χ1) is 30.7. The summed E-state index contributed by atoms with van der Waals surface area (Å²) in [5, 5.41) is 2.60. The van der Waals surface area contributed by atoms with E-state index in [2.05, 4.69) is 223 Å². The zero-order chi connectivity index (χ0) is 41.0. The van der Waals surface area contributed by atoms with Gasteiger partial charge in [-0.2, -0.15) is 0 Å². The fourth-order valence-corrected chi connectivity index (χ4v) is 11.1. The van der Waals surface area contributed by atoms with Crippen molar-refractivity contribution in [1.29, 1.82) is 0 Å². The summed E-state index contributed by atoms with van der Waals surface area (Å²) in [5.74, 6) is 1.70. The highest BCUT2D eigenvalue weighted by Gasteiger charge is 2.45. The van der Waals surface area contributed by atoms with Crippen LogP contribution in [0.4, 0.5) is 17.1 Å². The van der Waals surface area contributed by atoms with Gasteiger partial charge in [0.25, 0.3) is 0 Å². The quantitative estimate of drug-likeness (QED) is 0.152. The van der Waals surface area contributed by atoms with E-state index in [0.717, 1.165) is 39.7 Å². The van der Waals surface area contributed by atoms with Crippen LogP contribution >= 0.6 is 11.3 Å². The molecule has 2 nitrogen and oxygen atoms in total. The molecule has 0 unspecified atom stereocenters. The minimum atomic E-state index is -0.468. The summed E-state index contributed by atoms with van der Waals surface area (Å²) in [7, 11) is 0. The van der Waals surface area contributed by atoms with Gasteiger partial charge in [0.2, 0.25) is 0 Å². The average molecular weight is 810 g/mol. The normalized spacial score (nSPS) is 12.6. The fourth-order valence-electron chi connectivity index (χ4n) is 9.83. The summed E-state index contributed by atoms with van der Waals surface area (Å²) >= 11 is 1.87. The Balaban J connectivity index is 1.00. The smallest absolute Gasteiger partial charge is 0.134 e.